The zero-order valence-corrected chi connectivity index (χ0v) is 10.9. The number of quaternary nitrogens is 2. The fourth-order valence-corrected chi connectivity index (χ4v) is 4.14. The van der Waals surface area contributed by atoms with E-state index in [4.69, 9.17) is 0 Å². The van der Waals surface area contributed by atoms with Crippen LogP contribution in [-0.2, 0) is 0 Å². The van der Waals surface area contributed by atoms with Crippen molar-refractivity contribution in [2.45, 2.75) is 10.5 Å². The summed E-state index contributed by atoms with van der Waals surface area (Å²) in [4.78, 5) is 0. The van der Waals surface area contributed by atoms with Crippen molar-refractivity contribution in [3.05, 3.63) is 0 Å². The highest BCUT2D eigenvalue weighted by Gasteiger charge is 2.23. The minimum absolute atomic E-state index is 0. The molecule has 2 aliphatic heterocycles. The molecule has 6 N–H and O–H groups in total. The van der Waals surface area contributed by atoms with Crippen molar-refractivity contribution in [3.63, 3.8) is 0 Å². The van der Waals surface area contributed by atoms with Gasteiger partial charge in [-0.1, -0.05) is 21.6 Å². The van der Waals surface area contributed by atoms with E-state index < -0.39 is 0 Å². The molecule has 86 valence electrons. The van der Waals surface area contributed by atoms with E-state index in [1.165, 1.54) is 13.1 Å². The molecule has 2 atom stereocenters. The van der Waals surface area contributed by atoms with Gasteiger partial charge in [-0.15, -0.1) is 0 Å². The molecule has 2 saturated heterocycles. The van der Waals surface area contributed by atoms with Crippen molar-refractivity contribution in [2.24, 2.45) is 0 Å². The molecule has 2 rings (SSSR count). The molecule has 0 saturated carbocycles. The van der Waals surface area contributed by atoms with Gasteiger partial charge in [0.15, 0.2) is 0 Å². The van der Waals surface area contributed by atoms with Crippen LogP contribution in [0.2, 0.25) is 0 Å². The minimum atomic E-state index is 0. The van der Waals surface area contributed by atoms with Crippen molar-refractivity contribution in [3.8, 4) is 0 Å². The van der Waals surface area contributed by atoms with Crippen molar-refractivity contribution < 1.29 is 35.7 Å². The zero-order valence-electron chi connectivity index (χ0n) is 7.71. The summed E-state index contributed by atoms with van der Waals surface area (Å²) < 4.78 is 0. The SMILES string of the molecule is C1N[NH2+]CC1SSC1CN[NH2+]C1.[Cl-].[Cl-]. The second kappa shape index (κ2) is 8.29. The molecule has 2 unspecified atom stereocenters. The van der Waals surface area contributed by atoms with Gasteiger partial charge >= 0.3 is 0 Å². The Kier molecular flexibility index (Phi) is 8.96. The Morgan fingerprint density at radius 2 is 1.29 bits per heavy atom. The molecule has 0 aromatic rings. The Balaban J connectivity index is 0.000000845. The molecular formula is C6H16Cl2N4S2. The van der Waals surface area contributed by atoms with Gasteiger partial charge in [-0.05, 0) is 0 Å². The Morgan fingerprint density at radius 1 is 0.857 bits per heavy atom. The van der Waals surface area contributed by atoms with Crippen LogP contribution in [0.25, 0.3) is 0 Å². The molecule has 8 heteroatoms. The molecular weight excluding hydrogens is 263 g/mol. The maximum absolute atomic E-state index is 3.27. The van der Waals surface area contributed by atoms with Gasteiger partial charge in [0.25, 0.3) is 0 Å². The monoisotopic (exact) mass is 278 g/mol. The fourth-order valence-electron chi connectivity index (χ4n) is 1.33. The third kappa shape index (κ3) is 4.76. The van der Waals surface area contributed by atoms with Gasteiger partial charge in [-0.3, -0.25) is 10.9 Å². The van der Waals surface area contributed by atoms with E-state index in [2.05, 4.69) is 21.7 Å². The first kappa shape index (κ1) is 15.1. The van der Waals surface area contributed by atoms with E-state index in [1.54, 1.807) is 0 Å². The summed E-state index contributed by atoms with van der Waals surface area (Å²) in [6.45, 7) is 4.76. The molecule has 2 heterocycles. The molecule has 0 spiro atoms. The maximum Gasteiger partial charge on any atom is 0.107 e. The summed E-state index contributed by atoms with van der Waals surface area (Å²) in [6, 6.07) is 0. The summed E-state index contributed by atoms with van der Waals surface area (Å²) in [5, 5.41) is 1.60. The van der Waals surface area contributed by atoms with E-state index >= 15 is 0 Å². The number of hydrogen-bond donors (Lipinski definition) is 4. The van der Waals surface area contributed by atoms with Crippen molar-refractivity contribution >= 4 is 21.6 Å². The van der Waals surface area contributed by atoms with Crippen molar-refractivity contribution in [1.82, 2.24) is 10.9 Å². The van der Waals surface area contributed by atoms with Gasteiger partial charge in [-0.25, -0.2) is 0 Å². The molecule has 0 aliphatic carbocycles. The van der Waals surface area contributed by atoms with E-state index in [1.807, 2.05) is 21.6 Å². The van der Waals surface area contributed by atoms with Crippen LogP contribution in [0, 0.1) is 0 Å². The molecule has 0 amide bonds. The largest absolute Gasteiger partial charge is 1.00 e. The van der Waals surface area contributed by atoms with Gasteiger partial charge in [0, 0.05) is 0 Å². The first-order chi connectivity index (χ1) is 5.95. The third-order valence-corrected chi connectivity index (χ3v) is 5.41. The number of halogens is 2. The van der Waals surface area contributed by atoms with Gasteiger partial charge in [-0.2, -0.15) is 10.9 Å². The van der Waals surface area contributed by atoms with E-state index in [0.29, 0.717) is 0 Å². The fraction of sp³-hybridized carbons (Fsp3) is 1.00. The zero-order chi connectivity index (χ0) is 8.23. The molecule has 0 aromatic heterocycles. The molecule has 0 aromatic carbocycles. The molecule has 2 aliphatic rings. The summed E-state index contributed by atoms with van der Waals surface area (Å²) in [5.74, 6) is 0. The average molecular weight is 279 g/mol. The minimum Gasteiger partial charge on any atom is -1.00 e. The van der Waals surface area contributed by atoms with Gasteiger partial charge < -0.3 is 24.8 Å². The number of hydrogen-bond acceptors (Lipinski definition) is 4. The lowest BCUT2D eigenvalue weighted by Gasteiger charge is -2.06. The van der Waals surface area contributed by atoms with Crippen LogP contribution in [0.15, 0.2) is 0 Å². The highest BCUT2D eigenvalue weighted by atomic mass is 35.5. The van der Waals surface area contributed by atoms with E-state index in [0.717, 1.165) is 23.6 Å². The lowest BCUT2D eigenvalue weighted by atomic mass is 10.5. The van der Waals surface area contributed by atoms with Crippen molar-refractivity contribution in [1.29, 1.82) is 0 Å². The van der Waals surface area contributed by atoms with Crippen molar-refractivity contribution in [2.75, 3.05) is 26.2 Å². The van der Waals surface area contributed by atoms with Crippen LogP contribution >= 0.6 is 21.6 Å². The van der Waals surface area contributed by atoms with Crippen LogP contribution in [0.4, 0.5) is 0 Å². The number of nitrogens with two attached hydrogens (primary N) is 2. The average Bonchev–Trinajstić information content (AvgIpc) is 2.74. The van der Waals surface area contributed by atoms with Crippen LogP contribution in [0.3, 0.4) is 0 Å². The normalized spacial score (nSPS) is 30.9. The smallest absolute Gasteiger partial charge is 0.107 e. The topological polar surface area (TPSA) is 57.3 Å². The Labute approximate surface area is 105 Å². The van der Waals surface area contributed by atoms with Gasteiger partial charge in [0.2, 0.25) is 0 Å². The second-order valence-electron chi connectivity index (χ2n) is 3.13. The summed E-state index contributed by atoms with van der Waals surface area (Å²) >= 11 is 0. The number of rotatable bonds is 3. The highest BCUT2D eigenvalue weighted by molar-refractivity contribution is 8.77. The van der Waals surface area contributed by atoms with Gasteiger partial charge in [0.05, 0.1) is 23.6 Å². The maximum atomic E-state index is 3.27. The summed E-state index contributed by atoms with van der Waals surface area (Å²) in [6.07, 6.45) is 0. The predicted octanol–water partition coefficient (Wildman–Crippen LogP) is -8.72. The predicted molar refractivity (Wildman–Crippen MR) is 52.3 cm³/mol. The quantitative estimate of drug-likeness (QED) is 0.306. The summed E-state index contributed by atoms with van der Waals surface area (Å²) in [5.41, 5.74) is 10.9. The van der Waals surface area contributed by atoms with Gasteiger partial charge in [0.1, 0.15) is 13.1 Å². The molecule has 2 fully saturated rings. The van der Waals surface area contributed by atoms with Crippen LogP contribution in [0.5, 0.6) is 0 Å². The number of nitrogens with one attached hydrogen (secondary N) is 2. The molecule has 4 nitrogen and oxygen atoms in total. The Morgan fingerprint density at radius 3 is 1.57 bits per heavy atom. The Hall–Kier alpha value is 1.12. The third-order valence-electron chi connectivity index (χ3n) is 2.07. The lowest BCUT2D eigenvalue weighted by molar-refractivity contribution is -0.691. The first-order valence-electron chi connectivity index (χ1n) is 4.37. The van der Waals surface area contributed by atoms with E-state index in [-0.39, 0.29) is 24.8 Å². The van der Waals surface area contributed by atoms with Crippen LogP contribution in [-0.4, -0.2) is 36.7 Å². The Bertz CT molecular complexity index is 126. The molecule has 14 heavy (non-hydrogen) atoms. The molecule has 0 bridgehead atoms. The lowest BCUT2D eigenvalue weighted by Crippen LogP contribution is -3.00. The standard InChI is InChI=1S/C6H14N4S2.2ClH/c1-5(2-8-7-1)11-12-6-3-9-10-4-6;;/h5-10H,1-4H2;2*1H. The molecule has 0 radical (unpaired) electrons. The van der Waals surface area contributed by atoms with E-state index in [9.17, 15) is 0 Å². The highest BCUT2D eigenvalue weighted by Crippen LogP contribution is 2.30. The second-order valence-corrected chi connectivity index (χ2v) is 6.01. The van der Waals surface area contributed by atoms with Crippen LogP contribution < -0.4 is 46.5 Å². The van der Waals surface area contributed by atoms with Crippen LogP contribution in [0.1, 0.15) is 0 Å². The first-order valence-corrected chi connectivity index (χ1v) is 6.65. The summed E-state index contributed by atoms with van der Waals surface area (Å²) in [7, 11) is 4.09.